The molecule has 1 spiro atoms. The fourth-order valence-corrected chi connectivity index (χ4v) is 2.65. The van der Waals surface area contributed by atoms with Gasteiger partial charge in [-0.05, 0) is 26.2 Å². The number of carbonyl (C=O) groups is 1. The Hall–Kier alpha value is -0.610. The lowest BCUT2D eigenvalue weighted by Gasteiger charge is -2.31. The third-order valence-electron chi connectivity index (χ3n) is 3.81. The summed E-state index contributed by atoms with van der Waals surface area (Å²) in [6.07, 6.45) is 7.32. The molecule has 0 aromatic heterocycles. The van der Waals surface area contributed by atoms with Crippen LogP contribution in [-0.2, 0) is 19.0 Å². The second kappa shape index (κ2) is 7.25. The molecule has 3 aliphatic rings. The van der Waals surface area contributed by atoms with E-state index < -0.39 is 0 Å². The van der Waals surface area contributed by atoms with Crippen LogP contribution in [0.25, 0.3) is 0 Å². The van der Waals surface area contributed by atoms with Crippen LogP contribution in [-0.4, -0.2) is 31.1 Å². The second-order valence-corrected chi connectivity index (χ2v) is 5.57. The summed E-state index contributed by atoms with van der Waals surface area (Å²) >= 11 is 0. The molecule has 112 valence electrons. The van der Waals surface area contributed by atoms with E-state index in [1.165, 1.54) is 19.3 Å². The summed E-state index contributed by atoms with van der Waals surface area (Å²) in [5.74, 6) is -0.0440. The minimum atomic E-state index is -0.155. The number of ether oxygens (including phenoxy) is 3. The van der Waals surface area contributed by atoms with Gasteiger partial charge in [0.25, 0.3) is 0 Å². The van der Waals surface area contributed by atoms with Crippen LogP contribution in [0, 0.1) is 5.92 Å². The maximum Gasteiger partial charge on any atom is 0.308 e. The van der Waals surface area contributed by atoms with Crippen molar-refractivity contribution in [1.29, 1.82) is 0 Å². The number of cyclic esters (lactones) is 1. The fraction of sp³-hybridized carbons (Fsp3) is 0.933. The molecule has 2 saturated heterocycles. The molecule has 1 aliphatic carbocycles. The minimum Gasteiger partial charge on any atom is -0.465 e. The first-order valence-electron chi connectivity index (χ1n) is 7.10. The van der Waals surface area contributed by atoms with Crippen molar-refractivity contribution in [2.75, 3.05) is 13.2 Å². The maximum absolute atomic E-state index is 10.4. The van der Waals surface area contributed by atoms with Crippen molar-refractivity contribution in [3.8, 4) is 0 Å². The smallest absolute Gasteiger partial charge is 0.308 e. The first-order chi connectivity index (χ1) is 8.61. The van der Waals surface area contributed by atoms with Gasteiger partial charge >= 0.3 is 5.97 Å². The molecule has 0 radical (unpaired) electrons. The van der Waals surface area contributed by atoms with Crippen molar-refractivity contribution in [3.05, 3.63) is 0 Å². The molecule has 4 heteroatoms. The molecule has 4 nitrogen and oxygen atoms in total. The number of rotatable bonds is 0. The molecule has 3 fully saturated rings. The molecule has 3 rings (SSSR count). The van der Waals surface area contributed by atoms with Gasteiger partial charge in [0.2, 0.25) is 0 Å². The lowest BCUT2D eigenvalue weighted by atomic mass is 9.94. The molecule has 0 amide bonds. The van der Waals surface area contributed by atoms with Crippen molar-refractivity contribution in [3.63, 3.8) is 0 Å². The minimum absolute atomic E-state index is 0. The highest BCUT2D eigenvalue weighted by atomic mass is 16.7. The highest BCUT2D eigenvalue weighted by molar-refractivity contribution is 5.73. The zero-order valence-electron chi connectivity index (χ0n) is 11.4. The Labute approximate surface area is 116 Å². The van der Waals surface area contributed by atoms with Crippen LogP contribution in [0.1, 0.15) is 59.8 Å². The third-order valence-corrected chi connectivity index (χ3v) is 3.81. The standard InChI is InChI=1S/C9H16O2.C5H8O2.CH4/c1-8-7-10-9(11-8)5-3-2-4-6-9;1-4-2-3-7-5(4)6;/h8H,2-7H2,1H3;4H,2-3H2,1H3;1H4. The Morgan fingerprint density at radius 1 is 1.16 bits per heavy atom. The van der Waals surface area contributed by atoms with Crippen LogP contribution in [0.15, 0.2) is 0 Å². The Kier molecular flexibility index (Phi) is 6.27. The topological polar surface area (TPSA) is 44.8 Å². The number of carbonyl (C=O) groups excluding carboxylic acids is 1. The third kappa shape index (κ3) is 4.46. The fourth-order valence-electron chi connectivity index (χ4n) is 2.65. The van der Waals surface area contributed by atoms with Crippen molar-refractivity contribution in [2.24, 2.45) is 5.92 Å². The SMILES string of the molecule is C.CC1CCOC1=O.CC1COC2(CCCCC2)O1. The number of esters is 1. The van der Waals surface area contributed by atoms with Crippen LogP contribution in [0.5, 0.6) is 0 Å². The van der Waals surface area contributed by atoms with E-state index >= 15 is 0 Å². The first kappa shape index (κ1) is 16.4. The Morgan fingerprint density at radius 2 is 1.84 bits per heavy atom. The maximum atomic E-state index is 10.4. The number of hydrogen-bond donors (Lipinski definition) is 0. The molecule has 19 heavy (non-hydrogen) atoms. The van der Waals surface area contributed by atoms with Gasteiger partial charge in [0.05, 0.1) is 25.2 Å². The largest absolute Gasteiger partial charge is 0.465 e. The van der Waals surface area contributed by atoms with Gasteiger partial charge in [-0.2, -0.15) is 0 Å². The molecule has 2 aliphatic heterocycles. The van der Waals surface area contributed by atoms with Gasteiger partial charge in [0, 0.05) is 12.8 Å². The molecule has 2 heterocycles. The van der Waals surface area contributed by atoms with Gasteiger partial charge in [0.1, 0.15) is 0 Å². The molecule has 0 bridgehead atoms. The van der Waals surface area contributed by atoms with Crippen molar-refractivity contribution in [1.82, 2.24) is 0 Å². The molecule has 2 atom stereocenters. The zero-order chi connectivity index (χ0) is 13.0. The van der Waals surface area contributed by atoms with Crippen LogP contribution in [0.3, 0.4) is 0 Å². The van der Waals surface area contributed by atoms with Gasteiger partial charge in [-0.15, -0.1) is 0 Å². The lowest BCUT2D eigenvalue weighted by Crippen LogP contribution is -2.32. The molecule has 0 aromatic rings. The molecule has 0 aromatic carbocycles. The van der Waals surface area contributed by atoms with Gasteiger partial charge < -0.3 is 14.2 Å². The van der Waals surface area contributed by atoms with E-state index in [4.69, 9.17) is 9.47 Å². The van der Waals surface area contributed by atoms with Crippen molar-refractivity contribution < 1.29 is 19.0 Å². The lowest BCUT2D eigenvalue weighted by molar-refractivity contribution is -0.185. The molecular weight excluding hydrogens is 244 g/mol. The van der Waals surface area contributed by atoms with Gasteiger partial charge in [-0.25, -0.2) is 0 Å². The molecule has 0 N–H and O–H groups in total. The van der Waals surface area contributed by atoms with Crippen LogP contribution >= 0.6 is 0 Å². The van der Waals surface area contributed by atoms with E-state index in [2.05, 4.69) is 11.7 Å². The van der Waals surface area contributed by atoms with E-state index in [-0.39, 0.29) is 25.1 Å². The predicted octanol–water partition coefficient (Wildman–Crippen LogP) is 3.29. The average molecular weight is 272 g/mol. The monoisotopic (exact) mass is 272 g/mol. The van der Waals surface area contributed by atoms with Gasteiger partial charge in [-0.1, -0.05) is 20.8 Å². The van der Waals surface area contributed by atoms with Crippen molar-refractivity contribution in [2.45, 2.75) is 71.7 Å². The molecule has 2 unspecified atom stereocenters. The Balaban J connectivity index is 0.000000198. The summed E-state index contributed by atoms with van der Waals surface area (Å²) in [6.45, 7) is 5.39. The predicted molar refractivity (Wildman–Crippen MR) is 73.8 cm³/mol. The summed E-state index contributed by atoms with van der Waals surface area (Å²) in [5.41, 5.74) is 0. The summed E-state index contributed by atoms with van der Waals surface area (Å²) in [6, 6.07) is 0. The highest BCUT2D eigenvalue weighted by Crippen LogP contribution is 2.37. The first-order valence-corrected chi connectivity index (χ1v) is 7.10. The van der Waals surface area contributed by atoms with Gasteiger partial charge in [-0.3, -0.25) is 4.79 Å². The highest BCUT2D eigenvalue weighted by Gasteiger charge is 2.40. The summed E-state index contributed by atoms with van der Waals surface area (Å²) < 4.78 is 16.1. The summed E-state index contributed by atoms with van der Waals surface area (Å²) in [7, 11) is 0. The van der Waals surface area contributed by atoms with E-state index in [0.29, 0.717) is 12.7 Å². The van der Waals surface area contributed by atoms with Gasteiger partial charge in [0.15, 0.2) is 5.79 Å². The average Bonchev–Trinajstić information content (AvgIpc) is 2.89. The Bertz CT molecular complexity index is 278. The van der Waals surface area contributed by atoms with Crippen molar-refractivity contribution >= 4 is 5.97 Å². The van der Waals surface area contributed by atoms with E-state index in [0.717, 1.165) is 25.9 Å². The quantitative estimate of drug-likeness (QED) is 0.635. The Morgan fingerprint density at radius 3 is 2.21 bits per heavy atom. The van der Waals surface area contributed by atoms with E-state index in [1.807, 2.05) is 6.92 Å². The normalized spacial score (nSPS) is 32.2. The molecular formula is C15H28O4. The summed E-state index contributed by atoms with van der Waals surface area (Å²) in [4.78, 5) is 10.4. The van der Waals surface area contributed by atoms with E-state index in [1.54, 1.807) is 0 Å². The number of hydrogen-bond acceptors (Lipinski definition) is 4. The second-order valence-electron chi connectivity index (χ2n) is 5.57. The molecule has 1 saturated carbocycles. The zero-order valence-corrected chi connectivity index (χ0v) is 11.4. The summed E-state index contributed by atoms with van der Waals surface area (Å²) in [5, 5.41) is 0. The van der Waals surface area contributed by atoms with Crippen LogP contribution < -0.4 is 0 Å². The van der Waals surface area contributed by atoms with Crippen LogP contribution in [0.4, 0.5) is 0 Å². The van der Waals surface area contributed by atoms with E-state index in [9.17, 15) is 4.79 Å². The van der Waals surface area contributed by atoms with Crippen LogP contribution in [0.2, 0.25) is 0 Å².